The maximum atomic E-state index is 12.3. The van der Waals surface area contributed by atoms with Crippen LogP contribution in [0.2, 0.25) is 0 Å². The van der Waals surface area contributed by atoms with E-state index < -0.39 is 5.41 Å². The van der Waals surface area contributed by atoms with E-state index in [0.717, 1.165) is 28.9 Å². The van der Waals surface area contributed by atoms with Gasteiger partial charge in [-0.2, -0.15) is 0 Å². The smallest absolute Gasteiger partial charge is 0.225 e. The first kappa shape index (κ1) is 15.8. The topological polar surface area (TPSA) is 64.3 Å². The number of rotatable bonds is 2. The van der Waals surface area contributed by atoms with E-state index in [9.17, 15) is 4.79 Å². The summed E-state index contributed by atoms with van der Waals surface area (Å²) in [5, 5.41) is 3.15. The molecule has 0 spiro atoms. The van der Waals surface area contributed by atoms with Crippen molar-refractivity contribution in [3.63, 3.8) is 0 Å². The second-order valence-electron chi connectivity index (χ2n) is 6.96. The van der Waals surface area contributed by atoms with Crippen molar-refractivity contribution in [3.05, 3.63) is 28.8 Å². The summed E-state index contributed by atoms with van der Waals surface area (Å²) in [5.41, 5.74) is 8.81. The molecule has 0 fully saturated rings. The Balaban J connectivity index is 2.36. The average Bonchev–Trinajstić information content (AvgIpc) is 2.38. The van der Waals surface area contributed by atoms with Gasteiger partial charge in [0.15, 0.2) is 0 Å². The van der Waals surface area contributed by atoms with Crippen molar-refractivity contribution in [2.24, 2.45) is 11.1 Å². The maximum absolute atomic E-state index is 12.3. The van der Waals surface area contributed by atoms with Gasteiger partial charge in [-0.1, -0.05) is 26.8 Å². The van der Waals surface area contributed by atoms with Crippen molar-refractivity contribution >= 4 is 5.91 Å². The van der Waals surface area contributed by atoms with Gasteiger partial charge in [0.2, 0.25) is 5.91 Å². The zero-order valence-electron chi connectivity index (χ0n) is 13.6. The fourth-order valence-corrected chi connectivity index (χ4v) is 2.51. The van der Waals surface area contributed by atoms with Crippen LogP contribution in [0.3, 0.4) is 0 Å². The first-order valence-electron chi connectivity index (χ1n) is 7.54. The highest BCUT2D eigenvalue weighted by molar-refractivity contribution is 5.82. The van der Waals surface area contributed by atoms with E-state index in [4.69, 9.17) is 10.5 Å². The summed E-state index contributed by atoms with van der Waals surface area (Å²) in [5.74, 6) is 0.953. The Morgan fingerprint density at radius 1 is 1.43 bits per heavy atom. The Morgan fingerprint density at radius 3 is 2.67 bits per heavy atom. The summed E-state index contributed by atoms with van der Waals surface area (Å²) in [6, 6.07) is 4.10. The second-order valence-corrected chi connectivity index (χ2v) is 6.96. The van der Waals surface area contributed by atoms with Crippen molar-refractivity contribution in [1.29, 1.82) is 0 Å². The molecule has 2 atom stereocenters. The van der Waals surface area contributed by atoms with Crippen LogP contribution in [0.15, 0.2) is 12.1 Å². The summed E-state index contributed by atoms with van der Waals surface area (Å²) < 4.78 is 5.79. The number of benzene rings is 1. The Labute approximate surface area is 127 Å². The normalized spacial score (nSPS) is 19.4. The van der Waals surface area contributed by atoms with Crippen molar-refractivity contribution in [2.45, 2.75) is 53.1 Å². The summed E-state index contributed by atoms with van der Waals surface area (Å²) >= 11 is 0. The summed E-state index contributed by atoms with van der Waals surface area (Å²) in [6.45, 7) is 10.4. The maximum Gasteiger partial charge on any atom is 0.225 e. The van der Waals surface area contributed by atoms with Crippen LogP contribution in [0.5, 0.6) is 5.75 Å². The molecule has 3 N–H and O–H groups in total. The SMILES string of the molecule is Cc1cc(C(C)N)cc2c1OCCC2NC(=O)C(C)(C)C. The van der Waals surface area contributed by atoms with Gasteiger partial charge in [-0.25, -0.2) is 0 Å². The molecule has 1 aliphatic rings. The van der Waals surface area contributed by atoms with Gasteiger partial charge in [-0.3, -0.25) is 4.79 Å². The molecule has 1 amide bonds. The number of aryl methyl sites for hydroxylation is 1. The fraction of sp³-hybridized carbons (Fsp3) is 0.588. The molecule has 116 valence electrons. The van der Waals surface area contributed by atoms with E-state index in [0.29, 0.717) is 6.61 Å². The summed E-state index contributed by atoms with van der Waals surface area (Å²) in [4.78, 5) is 12.3. The predicted molar refractivity (Wildman–Crippen MR) is 84.2 cm³/mol. The van der Waals surface area contributed by atoms with Crippen LogP contribution in [-0.2, 0) is 4.79 Å². The number of ether oxygens (including phenoxy) is 1. The molecule has 2 rings (SSSR count). The zero-order valence-corrected chi connectivity index (χ0v) is 13.6. The minimum atomic E-state index is -0.397. The highest BCUT2D eigenvalue weighted by Gasteiger charge is 2.29. The zero-order chi connectivity index (χ0) is 15.8. The Bertz CT molecular complexity index is 544. The molecule has 0 aromatic heterocycles. The quantitative estimate of drug-likeness (QED) is 0.880. The van der Waals surface area contributed by atoms with Crippen molar-refractivity contribution in [1.82, 2.24) is 5.32 Å². The molecule has 0 saturated carbocycles. The fourth-order valence-electron chi connectivity index (χ4n) is 2.51. The summed E-state index contributed by atoms with van der Waals surface area (Å²) in [7, 11) is 0. The third-order valence-corrected chi connectivity index (χ3v) is 3.87. The number of nitrogens with one attached hydrogen (secondary N) is 1. The molecule has 4 nitrogen and oxygen atoms in total. The molecule has 1 aromatic rings. The van der Waals surface area contributed by atoms with Crippen molar-refractivity contribution in [2.75, 3.05) is 6.61 Å². The third-order valence-electron chi connectivity index (χ3n) is 3.87. The van der Waals surface area contributed by atoms with Crippen LogP contribution in [0, 0.1) is 12.3 Å². The van der Waals surface area contributed by atoms with Crippen LogP contribution in [0.4, 0.5) is 0 Å². The molecule has 21 heavy (non-hydrogen) atoms. The lowest BCUT2D eigenvalue weighted by molar-refractivity contribution is -0.129. The molecule has 1 aliphatic heterocycles. The first-order chi connectivity index (χ1) is 9.70. The molecular weight excluding hydrogens is 264 g/mol. The summed E-state index contributed by atoms with van der Waals surface area (Å²) in [6.07, 6.45) is 0.788. The minimum Gasteiger partial charge on any atom is -0.493 e. The van der Waals surface area contributed by atoms with Crippen LogP contribution in [0.25, 0.3) is 0 Å². The van der Waals surface area contributed by atoms with E-state index in [1.807, 2.05) is 34.6 Å². The molecule has 1 aromatic carbocycles. The largest absolute Gasteiger partial charge is 0.493 e. The number of hydrogen-bond acceptors (Lipinski definition) is 3. The van der Waals surface area contributed by atoms with Gasteiger partial charge >= 0.3 is 0 Å². The number of nitrogens with two attached hydrogens (primary N) is 1. The molecule has 0 bridgehead atoms. The molecule has 1 heterocycles. The monoisotopic (exact) mass is 290 g/mol. The van der Waals surface area contributed by atoms with Gasteiger partial charge in [-0.05, 0) is 31.0 Å². The Morgan fingerprint density at radius 2 is 2.10 bits per heavy atom. The average molecular weight is 290 g/mol. The van der Waals surface area contributed by atoms with E-state index in [1.54, 1.807) is 0 Å². The van der Waals surface area contributed by atoms with Crippen molar-refractivity contribution in [3.8, 4) is 5.75 Å². The number of fused-ring (bicyclic) bond motifs is 1. The lowest BCUT2D eigenvalue weighted by Crippen LogP contribution is -2.39. The number of hydrogen-bond donors (Lipinski definition) is 2. The standard InChI is InChI=1S/C17H26N2O2/c1-10-8-12(11(2)18)9-13-14(6-7-21-15(10)13)19-16(20)17(3,4)5/h8-9,11,14H,6-7,18H2,1-5H3,(H,19,20). The lowest BCUT2D eigenvalue weighted by Gasteiger charge is -2.31. The molecule has 0 saturated heterocycles. The van der Waals surface area contributed by atoms with Crippen LogP contribution < -0.4 is 15.8 Å². The minimum absolute atomic E-state index is 0.00197. The third kappa shape index (κ3) is 3.38. The molecule has 0 aliphatic carbocycles. The van der Waals surface area contributed by atoms with Gasteiger partial charge in [0, 0.05) is 23.4 Å². The van der Waals surface area contributed by atoms with E-state index in [1.165, 1.54) is 0 Å². The van der Waals surface area contributed by atoms with E-state index in [2.05, 4.69) is 17.4 Å². The lowest BCUT2D eigenvalue weighted by atomic mass is 9.91. The molecule has 4 heteroatoms. The van der Waals surface area contributed by atoms with Crippen molar-refractivity contribution < 1.29 is 9.53 Å². The van der Waals surface area contributed by atoms with E-state index >= 15 is 0 Å². The number of carbonyl (C=O) groups excluding carboxylic acids is 1. The molecule has 0 radical (unpaired) electrons. The molecular formula is C17H26N2O2. The van der Waals surface area contributed by atoms with Crippen LogP contribution in [-0.4, -0.2) is 12.5 Å². The van der Waals surface area contributed by atoms with Gasteiger partial charge in [-0.15, -0.1) is 0 Å². The van der Waals surface area contributed by atoms with E-state index in [-0.39, 0.29) is 18.0 Å². The van der Waals surface area contributed by atoms with Gasteiger partial charge in [0.05, 0.1) is 12.6 Å². The van der Waals surface area contributed by atoms with Gasteiger partial charge in [0.1, 0.15) is 5.75 Å². The second kappa shape index (κ2) is 5.68. The number of carbonyl (C=O) groups is 1. The highest BCUT2D eigenvalue weighted by atomic mass is 16.5. The van der Waals surface area contributed by atoms with Gasteiger partial charge in [0.25, 0.3) is 0 Å². The van der Waals surface area contributed by atoms with Crippen LogP contribution >= 0.6 is 0 Å². The predicted octanol–water partition coefficient (Wildman–Crippen LogP) is 3.00. The van der Waals surface area contributed by atoms with Gasteiger partial charge < -0.3 is 15.8 Å². The van der Waals surface area contributed by atoms with Crippen LogP contribution in [0.1, 0.15) is 62.9 Å². The molecule has 2 unspecified atom stereocenters. The Kier molecular flexibility index (Phi) is 4.28. The Hall–Kier alpha value is -1.55. The first-order valence-corrected chi connectivity index (χ1v) is 7.54. The highest BCUT2D eigenvalue weighted by Crippen LogP contribution is 2.37. The number of amides is 1.